The van der Waals surface area contributed by atoms with Crippen molar-refractivity contribution in [3.63, 3.8) is 0 Å². The van der Waals surface area contributed by atoms with Crippen molar-refractivity contribution >= 4 is 5.78 Å². The molecule has 0 spiro atoms. The number of halogens is 3. The molecule has 18 heavy (non-hydrogen) atoms. The van der Waals surface area contributed by atoms with Crippen molar-refractivity contribution in [1.82, 2.24) is 0 Å². The minimum Gasteiger partial charge on any atom is -0.396 e. The van der Waals surface area contributed by atoms with Gasteiger partial charge in [0.15, 0.2) is 5.78 Å². The van der Waals surface area contributed by atoms with Crippen LogP contribution in [0.1, 0.15) is 29.8 Å². The third-order valence-corrected chi connectivity index (χ3v) is 2.81. The molecule has 0 aliphatic carbocycles. The van der Waals surface area contributed by atoms with E-state index in [0.717, 1.165) is 12.1 Å². The van der Waals surface area contributed by atoms with Gasteiger partial charge in [-0.25, -0.2) is 0 Å². The van der Waals surface area contributed by atoms with E-state index in [9.17, 15) is 18.0 Å². The van der Waals surface area contributed by atoms with Crippen LogP contribution in [0.3, 0.4) is 0 Å². The number of alkyl halides is 3. The Balaban J connectivity index is 3.07. The second-order valence-corrected chi connectivity index (χ2v) is 4.48. The van der Waals surface area contributed by atoms with E-state index < -0.39 is 23.4 Å². The zero-order chi connectivity index (χ0) is 13.9. The molecular weight excluding hydrogens is 245 g/mol. The van der Waals surface area contributed by atoms with Crippen molar-refractivity contribution in [2.45, 2.75) is 20.0 Å². The highest BCUT2D eigenvalue weighted by Gasteiger charge is 2.31. The molecule has 0 fully saturated rings. The molecule has 0 saturated heterocycles. The van der Waals surface area contributed by atoms with Gasteiger partial charge in [0.05, 0.1) is 12.2 Å². The van der Waals surface area contributed by atoms with E-state index in [-0.39, 0.29) is 18.1 Å². The first-order valence-electron chi connectivity index (χ1n) is 5.59. The standard InChI is InChI=1S/C13H15F3O2/c1-8(2)11(7-17)12(18)9-4-3-5-10(6-9)13(14,15)16/h3-6,8,11,17H,7H2,1-2H3. The summed E-state index contributed by atoms with van der Waals surface area (Å²) in [6, 6.07) is 4.28. The molecule has 0 heterocycles. The third kappa shape index (κ3) is 3.32. The van der Waals surface area contributed by atoms with Gasteiger partial charge in [-0.1, -0.05) is 26.0 Å². The maximum atomic E-state index is 12.5. The smallest absolute Gasteiger partial charge is 0.396 e. The zero-order valence-electron chi connectivity index (χ0n) is 10.2. The van der Waals surface area contributed by atoms with Crippen LogP contribution in [0.15, 0.2) is 24.3 Å². The molecule has 1 unspecified atom stereocenters. The number of hydrogen-bond acceptors (Lipinski definition) is 2. The first-order valence-corrected chi connectivity index (χ1v) is 5.59. The molecule has 0 aliphatic rings. The third-order valence-electron chi connectivity index (χ3n) is 2.81. The Morgan fingerprint density at radius 3 is 2.39 bits per heavy atom. The Bertz CT molecular complexity index is 424. The zero-order valence-corrected chi connectivity index (χ0v) is 10.2. The van der Waals surface area contributed by atoms with Crippen LogP contribution >= 0.6 is 0 Å². The van der Waals surface area contributed by atoms with Crippen LogP contribution in [-0.4, -0.2) is 17.5 Å². The lowest BCUT2D eigenvalue weighted by molar-refractivity contribution is -0.137. The van der Waals surface area contributed by atoms with Gasteiger partial charge in [-0.05, 0) is 18.1 Å². The van der Waals surface area contributed by atoms with Gasteiger partial charge in [0.1, 0.15) is 0 Å². The van der Waals surface area contributed by atoms with Crippen molar-refractivity contribution in [1.29, 1.82) is 0 Å². The van der Waals surface area contributed by atoms with Crippen molar-refractivity contribution in [3.8, 4) is 0 Å². The molecule has 0 bridgehead atoms. The Kier molecular flexibility index (Phi) is 4.51. The molecule has 1 aromatic rings. The lowest BCUT2D eigenvalue weighted by atomic mass is 9.88. The monoisotopic (exact) mass is 260 g/mol. The van der Waals surface area contributed by atoms with Gasteiger partial charge >= 0.3 is 6.18 Å². The number of Topliss-reactive ketones (excluding diaryl/α,β-unsaturated/α-hetero) is 1. The van der Waals surface area contributed by atoms with Crippen LogP contribution < -0.4 is 0 Å². The number of rotatable bonds is 4. The molecule has 5 heteroatoms. The molecule has 1 N–H and O–H groups in total. The molecule has 1 atom stereocenters. The van der Waals surface area contributed by atoms with Crippen molar-refractivity contribution in [2.24, 2.45) is 11.8 Å². The highest BCUT2D eigenvalue weighted by atomic mass is 19.4. The van der Waals surface area contributed by atoms with Gasteiger partial charge < -0.3 is 5.11 Å². The predicted molar refractivity (Wildman–Crippen MR) is 61.2 cm³/mol. The van der Waals surface area contributed by atoms with Crippen LogP contribution in [0.5, 0.6) is 0 Å². The molecule has 1 rings (SSSR count). The molecule has 0 radical (unpaired) electrons. The summed E-state index contributed by atoms with van der Waals surface area (Å²) in [5.41, 5.74) is -0.869. The van der Waals surface area contributed by atoms with E-state index in [2.05, 4.69) is 0 Å². The molecule has 0 aliphatic heterocycles. The number of carbonyl (C=O) groups is 1. The molecule has 0 aromatic heterocycles. The van der Waals surface area contributed by atoms with Gasteiger partial charge in [0.2, 0.25) is 0 Å². The van der Waals surface area contributed by atoms with E-state index in [4.69, 9.17) is 5.11 Å². The number of aliphatic hydroxyl groups is 1. The van der Waals surface area contributed by atoms with Crippen LogP contribution in [0.2, 0.25) is 0 Å². The van der Waals surface area contributed by atoms with Gasteiger partial charge in [0, 0.05) is 11.5 Å². The van der Waals surface area contributed by atoms with Gasteiger partial charge in [0.25, 0.3) is 0 Å². The summed E-state index contributed by atoms with van der Waals surface area (Å²) in [6.45, 7) is 3.12. The van der Waals surface area contributed by atoms with Crippen LogP contribution in [-0.2, 0) is 6.18 Å². The van der Waals surface area contributed by atoms with Gasteiger partial charge in [-0.3, -0.25) is 4.79 Å². The van der Waals surface area contributed by atoms with Crippen molar-refractivity contribution in [2.75, 3.05) is 6.61 Å². The summed E-state index contributed by atoms with van der Waals surface area (Å²) in [7, 11) is 0. The number of hydrogen-bond donors (Lipinski definition) is 1. The number of aliphatic hydroxyl groups excluding tert-OH is 1. The van der Waals surface area contributed by atoms with Crippen LogP contribution in [0.4, 0.5) is 13.2 Å². The lowest BCUT2D eigenvalue weighted by Gasteiger charge is -2.17. The largest absolute Gasteiger partial charge is 0.416 e. The molecule has 0 amide bonds. The summed E-state index contributed by atoms with van der Waals surface area (Å²) in [5.74, 6) is -1.26. The number of carbonyl (C=O) groups excluding carboxylic acids is 1. The lowest BCUT2D eigenvalue weighted by Crippen LogP contribution is -2.24. The summed E-state index contributed by atoms with van der Waals surface area (Å²) >= 11 is 0. The Labute approximate surface area is 103 Å². The second-order valence-electron chi connectivity index (χ2n) is 4.48. The quantitative estimate of drug-likeness (QED) is 0.844. The van der Waals surface area contributed by atoms with Crippen LogP contribution in [0.25, 0.3) is 0 Å². The predicted octanol–water partition coefficient (Wildman–Crippen LogP) is 3.15. The molecule has 100 valence electrons. The van der Waals surface area contributed by atoms with E-state index in [1.165, 1.54) is 12.1 Å². The van der Waals surface area contributed by atoms with E-state index in [1.54, 1.807) is 13.8 Å². The highest BCUT2D eigenvalue weighted by molar-refractivity contribution is 5.98. The fourth-order valence-electron chi connectivity index (χ4n) is 1.66. The SMILES string of the molecule is CC(C)C(CO)C(=O)c1cccc(C(F)(F)F)c1. The minimum atomic E-state index is -4.47. The molecular formula is C13H15F3O2. The number of benzene rings is 1. The maximum absolute atomic E-state index is 12.5. The van der Waals surface area contributed by atoms with E-state index in [1.807, 2.05) is 0 Å². The van der Waals surface area contributed by atoms with Crippen LogP contribution in [0, 0.1) is 11.8 Å². The van der Waals surface area contributed by atoms with Crippen molar-refractivity contribution in [3.05, 3.63) is 35.4 Å². The summed E-state index contributed by atoms with van der Waals surface area (Å²) in [6.07, 6.45) is -4.47. The second kappa shape index (κ2) is 5.52. The van der Waals surface area contributed by atoms with Crippen molar-refractivity contribution < 1.29 is 23.1 Å². The van der Waals surface area contributed by atoms with E-state index in [0.29, 0.717) is 0 Å². The normalized spacial score (nSPS) is 13.7. The average Bonchev–Trinajstić information content (AvgIpc) is 2.28. The average molecular weight is 260 g/mol. The number of ketones is 1. The minimum absolute atomic E-state index is 0.0161. The highest BCUT2D eigenvalue weighted by Crippen LogP contribution is 2.30. The summed E-state index contributed by atoms with van der Waals surface area (Å²) in [4.78, 5) is 12.0. The fraction of sp³-hybridized carbons (Fsp3) is 0.462. The van der Waals surface area contributed by atoms with Gasteiger partial charge in [-0.2, -0.15) is 13.2 Å². The summed E-state index contributed by atoms with van der Waals surface area (Å²) in [5, 5.41) is 9.11. The Morgan fingerprint density at radius 2 is 1.94 bits per heavy atom. The first kappa shape index (κ1) is 14.7. The first-order chi connectivity index (χ1) is 8.27. The van der Waals surface area contributed by atoms with Gasteiger partial charge in [-0.15, -0.1) is 0 Å². The van der Waals surface area contributed by atoms with E-state index >= 15 is 0 Å². The maximum Gasteiger partial charge on any atom is 0.416 e. The molecule has 0 saturated carbocycles. The fourth-order valence-corrected chi connectivity index (χ4v) is 1.66. The Hall–Kier alpha value is -1.36. The molecule has 1 aromatic carbocycles. The summed E-state index contributed by atoms with van der Waals surface area (Å²) < 4.78 is 37.5. The Morgan fingerprint density at radius 1 is 1.33 bits per heavy atom. The molecule has 2 nitrogen and oxygen atoms in total. The topological polar surface area (TPSA) is 37.3 Å².